The van der Waals surface area contributed by atoms with E-state index in [2.05, 4.69) is 19.2 Å². The molecule has 1 N–H and O–H groups in total. The Hall–Kier alpha value is -0.0400. The largest absolute Gasteiger partial charge is 0.311 e. The van der Waals surface area contributed by atoms with Gasteiger partial charge in [-0.3, -0.25) is 0 Å². The summed E-state index contributed by atoms with van der Waals surface area (Å²) in [5.74, 6) is 1.94. The zero-order chi connectivity index (χ0) is 10.7. The van der Waals surface area contributed by atoms with E-state index < -0.39 is 0 Å². The van der Waals surface area contributed by atoms with Crippen LogP contribution in [-0.4, -0.2) is 12.1 Å². The Morgan fingerprint density at radius 2 is 1.80 bits per heavy atom. The molecule has 2 aliphatic carbocycles. The van der Waals surface area contributed by atoms with Crippen molar-refractivity contribution in [1.82, 2.24) is 5.32 Å². The van der Waals surface area contributed by atoms with Gasteiger partial charge >= 0.3 is 0 Å². The van der Waals surface area contributed by atoms with Gasteiger partial charge in [0.2, 0.25) is 0 Å². The van der Waals surface area contributed by atoms with Gasteiger partial charge in [-0.2, -0.15) is 0 Å². The van der Waals surface area contributed by atoms with E-state index in [1.807, 2.05) is 0 Å². The van der Waals surface area contributed by atoms with E-state index in [1.165, 1.54) is 51.4 Å². The maximum Gasteiger partial charge on any atom is 0.00978 e. The van der Waals surface area contributed by atoms with E-state index in [0.29, 0.717) is 0 Å². The van der Waals surface area contributed by atoms with Crippen LogP contribution in [0.2, 0.25) is 0 Å². The molecule has 2 fully saturated rings. The second-order valence-corrected chi connectivity index (χ2v) is 5.71. The minimum Gasteiger partial charge on any atom is -0.311 e. The Balaban J connectivity index is 1.79. The summed E-state index contributed by atoms with van der Waals surface area (Å²) in [7, 11) is 0. The van der Waals surface area contributed by atoms with Crippen LogP contribution in [0.1, 0.15) is 65.2 Å². The molecule has 2 rings (SSSR count). The smallest absolute Gasteiger partial charge is 0.00978 e. The summed E-state index contributed by atoms with van der Waals surface area (Å²) < 4.78 is 0. The molecule has 0 heterocycles. The van der Waals surface area contributed by atoms with Crippen molar-refractivity contribution in [2.45, 2.75) is 77.3 Å². The normalized spacial score (nSPS) is 34.8. The summed E-state index contributed by atoms with van der Waals surface area (Å²) in [6.45, 7) is 4.77. The number of hydrogen-bond acceptors (Lipinski definition) is 1. The zero-order valence-electron chi connectivity index (χ0n) is 10.5. The fraction of sp³-hybridized carbons (Fsp3) is 1.00. The van der Waals surface area contributed by atoms with Gasteiger partial charge in [0.1, 0.15) is 0 Å². The summed E-state index contributed by atoms with van der Waals surface area (Å²) in [6, 6.07) is 1.61. The predicted octanol–water partition coefficient (Wildman–Crippen LogP) is 3.73. The maximum absolute atomic E-state index is 3.92. The lowest BCUT2D eigenvalue weighted by Gasteiger charge is -2.28. The minimum atomic E-state index is 0.768. The van der Waals surface area contributed by atoms with Crippen molar-refractivity contribution in [2.75, 3.05) is 0 Å². The third kappa shape index (κ3) is 2.75. The van der Waals surface area contributed by atoms with Gasteiger partial charge in [0.05, 0.1) is 0 Å². The molecule has 0 aliphatic heterocycles. The van der Waals surface area contributed by atoms with Crippen LogP contribution in [0.3, 0.4) is 0 Å². The van der Waals surface area contributed by atoms with Crippen LogP contribution in [0.25, 0.3) is 0 Å². The van der Waals surface area contributed by atoms with Crippen LogP contribution in [0, 0.1) is 11.8 Å². The SMILES string of the molecule is CCC1CCCC1N[C@H](C)C1CCCC1. The zero-order valence-corrected chi connectivity index (χ0v) is 10.5. The molecule has 3 atom stereocenters. The third-order valence-electron chi connectivity index (χ3n) is 4.77. The molecule has 0 saturated heterocycles. The van der Waals surface area contributed by atoms with Crippen molar-refractivity contribution in [3.8, 4) is 0 Å². The van der Waals surface area contributed by atoms with Crippen molar-refractivity contribution in [2.24, 2.45) is 11.8 Å². The van der Waals surface area contributed by atoms with E-state index in [4.69, 9.17) is 0 Å². The van der Waals surface area contributed by atoms with Gasteiger partial charge in [-0.05, 0) is 44.4 Å². The second-order valence-electron chi connectivity index (χ2n) is 5.71. The van der Waals surface area contributed by atoms with E-state index in [1.54, 1.807) is 0 Å². The van der Waals surface area contributed by atoms with Gasteiger partial charge in [-0.1, -0.05) is 32.6 Å². The lowest BCUT2D eigenvalue weighted by Crippen LogP contribution is -2.42. The highest BCUT2D eigenvalue weighted by molar-refractivity contribution is 4.87. The van der Waals surface area contributed by atoms with Crippen molar-refractivity contribution in [3.63, 3.8) is 0 Å². The van der Waals surface area contributed by atoms with E-state index in [-0.39, 0.29) is 0 Å². The molecule has 0 aromatic rings. The molecule has 15 heavy (non-hydrogen) atoms. The first-order valence-electron chi connectivity index (χ1n) is 7.07. The van der Waals surface area contributed by atoms with E-state index in [9.17, 15) is 0 Å². The van der Waals surface area contributed by atoms with Crippen LogP contribution >= 0.6 is 0 Å². The molecular formula is C14H27N. The van der Waals surface area contributed by atoms with Crippen LogP contribution in [0.15, 0.2) is 0 Å². The summed E-state index contributed by atoms with van der Waals surface area (Å²) in [4.78, 5) is 0. The fourth-order valence-corrected chi connectivity index (χ4v) is 3.68. The number of rotatable bonds is 4. The average Bonchev–Trinajstić information content (AvgIpc) is 2.87. The van der Waals surface area contributed by atoms with E-state index >= 15 is 0 Å². The molecule has 2 saturated carbocycles. The lowest BCUT2D eigenvalue weighted by atomic mass is 9.95. The highest BCUT2D eigenvalue weighted by atomic mass is 15.0. The second kappa shape index (κ2) is 5.34. The third-order valence-corrected chi connectivity index (χ3v) is 4.77. The number of nitrogens with one attached hydrogen (secondary N) is 1. The highest BCUT2D eigenvalue weighted by Gasteiger charge is 2.29. The van der Waals surface area contributed by atoms with Crippen molar-refractivity contribution < 1.29 is 0 Å². The van der Waals surface area contributed by atoms with Gasteiger partial charge in [0.25, 0.3) is 0 Å². The standard InChI is InChI=1S/C14H27N/c1-3-12-9-6-10-14(12)15-11(2)13-7-4-5-8-13/h11-15H,3-10H2,1-2H3/t11-,12?,14?/m1/s1. The van der Waals surface area contributed by atoms with Gasteiger partial charge in [-0.15, -0.1) is 0 Å². The minimum absolute atomic E-state index is 0.768. The molecule has 1 heteroatoms. The first kappa shape index (κ1) is 11.4. The quantitative estimate of drug-likeness (QED) is 0.744. The molecule has 0 amide bonds. The Morgan fingerprint density at radius 1 is 1.07 bits per heavy atom. The predicted molar refractivity (Wildman–Crippen MR) is 66.0 cm³/mol. The molecule has 0 aromatic heterocycles. The molecule has 2 aliphatic rings. The summed E-state index contributed by atoms with van der Waals surface area (Å²) in [5.41, 5.74) is 0. The topological polar surface area (TPSA) is 12.0 Å². The summed E-state index contributed by atoms with van der Waals surface area (Å²) >= 11 is 0. The summed E-state index contributed by atoms with van der Waals surface area (Å²) in [5, 5.41) is 3.92. The van der Waals surface area contributed by atoms with Crippen LogP contribution < -0.4 is 5.32 Å². The van der Waals surface area contributed by atoms with Gasteiger partial charge < -0.3 is 5.32 Å². The van der Waals surface area contributed by atoms with Crippen LogP contribution in [0.5, 0.6) is 0 Å². The number of hydrogen-bond donors (Lipinski definition) is 1. The Morgan fingerprint density at radius 3 is 2.47 bits per heavy atom. The molecule has 0 radical (unpaired) electrons. The Labute approximate surface area is 95.0 Å². The first-order valence-corrected chi connectivity index (χ1v) is 7.07. The molecule has 1 nitrogen and oxygen atoms in total. The maximum atomic E-state index is 3.92. The average molecular weight is 209 g/mol. The Bertz CT molecular complexity index is 184. The monoisotopic (exact) mass is 209 g/mol. The molecule has 88 valence electrons. The molecular weight excluding hydrogens is 182 g/mol. The van der Waals surface area contributed by atoms with Crippen molar-refractivity contribution in [1.29, 1.82) is 0 Å². The van der Waals surface area contributed by atoms with Gasteiger partial charge in [0, 0.05) is 12.1 Å². The van der Waals surface area contributed by atoms with Crippen LogP contribution in [0.4, 0.5) is 0 Å². The van der Waals surface area contributed by atoms with E-state index in [0.717, 1.165) is 23.9 Å². The van der Waals surface area contributed by atoms with Gasteiger partial charge in [-0.25, -0.2) is 0 Å². The van der Waals surface area contributed by atoms with Crippen LogP contribution in [-0.2, 0) is 0 Å². The molecule has 0 aromatic carbocycles. The molecule has 0 spiro atoms. The van der Waals surface area contributed by atoms with Crippen molar-refractivity contribution >= 4 is 0 Å². The van der Waals surface area contributed by atoms with Crippen molar-refractivity contribution in [3.05, 3.63) is 0 Å². The first-order chi connectivity index (χ1) is 7.31. The molecule has 2 unspecified atom stereocenters. The molecule has 0 bridgehead atoms. The lowest BCUT2D eigenvalue weighted by molar-refractivity contribution is 0.299. The fourth-order valence-electron chi connectivity index (χ4n) is 3.68. The Kier molecular flexibility index (Phi) is 4.07. The van der Waals surface area contributed by atoms with Gasteiger partial charge in [0.15, 0.2) is 0 Å². The summed E-state index contributed by atoms with van der Waals surface area (Å²) in [6.07, 6.45) is 11.6. The highest BCUT2D eigenvalue weighted by Crippen LogP contribution is 2.32.